The van der Waals surface area contributed by atoms with Crippen LogP contribution in [0.4, 0.5) is 0 Å². The minimum absolute atomic E-state index is 0.0526. The van der Waals surface area contributed by atoms with Crippen LogP contribution in [0.3, 0.4) is 0 Å². The van der Waals surface area contributed by atoms with E-state index in [1.165, 1.54) is 4.68 Å². The molecule has 1 aliphatic heterocycles. The van der Waals surface area contributed by atoms with Crippen molar-refractivity contribution in [1.82, 2.24) is 14.8 Å². The fraction of sp³-hybridized carbons (Fsp3) is 0.375. The highest BCUT2D eigenvalue weighted by Crippen LogP contribution is 2.34. The molecule has 0 aromatic carbocycles. The Kier molecular flexibility index (Phi) is 4.64. The number of halogens is 1. The normalized spacial score (nSPS) is 20.7. The molecule has 1 atom stereocenters. The number of aromatic nitrogens is 3. The number of aliphatic imine (C=N–C) groups is 1. The second-order valence-electron chi connectivity index (χ2n) is 5.98. The average Bonchev–Trinajstić information content (AvgIpc) is 2.86. The molecule has 3 heterocycles. The van der Waals surface area contributed by atoms with Crippen molar-refractivity contribution < 1.29 is 4.79 Å². The molecule has 126 valence electrons. The van der Waals surface area contributed by atoms with E-state index in [9.17, 15) is 4.79 Å². The van der Waals surface area contributed by atoms with E-state index in [4.69, 9.17) is 17.3 Å². The van der Waals surface area contributed by atoms with Gasteiger partial charge in [0, 0.05) is 37.7 Å². The lowest BCUT2D eigenvalue weighted by atomic mass is 9.90. The van der Waals surface area contributed by atoms with Crippen LogP contribution in [-0.2, 0) is 19.0 Å². The van der Waals surface area contributed by atoms with Crippen molar-refractivity contribution in [2.75, 3.05) is 5.75 Å². The molecule has 0 amide bonds. The summed E-state index contributed by atoms with van der Waals surface area (Å²) in [6.07, 6.45) is 4.62. The second-order valence-corrected chi connectivity index (χ2v) is 7.48. The van der Waals surface area contributed by atoms with Gasteiger partial charge in [-0.3, -0.25) is 19.5 Å². The van der Waals surface area contributed by atoms with Gasteiger partial charge >= 0.3 is 0 Å². The lowest BCUT2D eigenvalue weighted by Crippen LogP contribution is -2.29. The van der Waals surface area contributed by atoms with Crippen LogP contribution in [0.25, 0.3) is 0 Å². The number of Topliss-reactive ketones (excluding diaryl/α,β-unsaturated/α-hetero) is 1. The highest BCUT2D eigenvalue weighted by molar-refractivity contribution is 8.13. The number of nitrogens with zero attached hydrogens (tertiary/aromatic N) is 4. The summed E-state index contributed by atoms with van der Waals surface area (Å²) in [5.74, 6) is 0.867. The van der Waals surface area contributed by atoms with Crippen molar-refractivity contribution in [2.45, 2.75) is 25.3 Å². The summed E-state index contributed by atoms with van der Waals surface area (Å²) in [7, 11) is 1.70. The number of carbonyl (C=O) groups is 1. The van der Waals surface area contributed by atoms with Crippen molar-refractivity contribution in [3.63, 3.8) is 0 Å². The van der Waals surface area contributed by atoms with E-state index in [0.717, 1.165) is 23.3 Å². The number of carbonyl (C=O) groups excluding carboxylic acids is 1. The molecule has 0 bridgehead atoms. The number of hydrogen-bond donors (Lipinski definition) is 1. The van der Waals surface area contributed by atoms with Gasteiger partial charge in [0.05, 0.1) is 5.54 Å². The Morgan fingerprint density at radius 1 is 1.46 bits per heavy atom. The van der Waals surface area contributed by atoms with Gasteiger partial charge in [-0.1, -0.05) is 23.4 Å². The van der Waals surface area contributed by atoms with Crippen LogP contribution in [0, 0.1) is 0 Å². The molecular weight excluding hydrogens is 346 g/mol. The zero-order valence-corrected chi connectivity index (χ0v) is 15.1. The lowest BCUT2D eigenvalue weighted by molar-refractivity contribution is 0.0984. The number of amidine groups is 1. The van der Waals surface area contributed by atoms with Crippen LogP contribution in [0.15, 0.2) is 29.5 Å². The average molecular weight is 364 g/mol. The molecular formula is C16H18ClN5OS. The topological polar surface area (TPSA) is 86.2 Å². The van der Waals surface area contributed by atoms with Gasteiger partial charge in [0.15, 0.2) is 16.1 Å². The lowest BCUT2D eigenvalue weighted by Gasteiger charge is -2.29. The van der Waals surface area contributed by atoms with Gasteiger partial charge in [-0.15, -0.1) is 0 Å². The maximum atomic E-state index is 12.5. The van der Waals surface area contributed by atoms with E-state index < -0.39 is 5.54 Å². The Labute approximate surface area is 149 Å². The number of ketones is 1. The van der Waals surface area contributed by atoms with Crippen LogP contribution >= 0.6 is 23.4 Å². The number of thioether (sulfide) groups is 1. The van der Waals surface area contributed by atoms with E-state index >= 15 is 0 Å². The third kappa shape index (κ3) is 3.47. The number of pyridine rings is 1. The summed E-state index contributed by atoms with van der Waals surface area (Å²) in [4.78, 5) is 21.3. The van der Waals surface area contributed by atoms with Gasteiger partial charge in [0.1, 0.15) is 5.69 Å². The maximum absolute atomic E-state index is 12.5. The summed E-state index contributed by atoms with van der Waals surface area (Å²) < 4.78 is 1.49. The molecule has 2 N–H and O–H groups in total. The summed E-state index contributed by atoms with van der Waals surface area (Å²) in [5.41, 5.74) is 7.77. The number of rotatable bonds is 4. The van der Waals surface area contributed by atoms with Crippen molar-refractivity contribution in [3.8, 4) is 0 Å². The molecule has 0 aliphatic carbocycles. The first-order valence-corrected chi connectivity index (χ1v) is 8.89. The summed E-state index contributed by atoms with van der Waals surface area (Å²) >= 11 is 7.41. The molecule has 1 aliphatic rings. The summed E-state index contributed by atoms with van der Waals surface area (Å²) in [5, 5.41) is 4.90. The largest absolute Gasteiger partial charge is 0.379 e. The molecule has 3 rings (SSSR count). The van der Waals surface area contributed by atoms with Gasteiger partial charge in [-0.25, -0.2) is 0 Å². The van der Waals surface area contributed by atoms with E-state index in [0.29, 0.717) is 16.0 Å². The predicted octanol–water partition coefficient (Wildman–Crippen LogP) is 2.56. The molecule has 0 spiro atoms. The van der Waals surface area contributed by atoms with Gasteiger partial charge < -0.3 is 5.73 Å². The molecule has 24 heavy (non-hydrogen) atoms. The quantitative estimate of drug-likeness (QED) is 0.843. The maximum Gasteiger partial charge on any atom is 0.185 e. The summed E-state index contributed by atoms with van der Waals surface area (Å²) in [6.45, 7) is 2.04. The van der Waals surface area contributed by atoms with E-state index in [-0.39, 0.29) is 12.2 Å². The van der Waals surface area contributed by atoms with Gasteiger partial charge in [-0.05, 0) is 30.5 Å². The van der Waals surface area contributed by atoms with Crippen LogP contribution in [0.2, 0.25) is 5.15 Å². The van der Waals surface area contributed by atoms with Crippen LogP contribution in [-0.4, -0.2) is 31.5 Å². The fourth-order valence-electron chi connectivity index (χ4n) is 2.74. The Morgan fingerprint density at radius 3 is 2.92 bits per heavy atom. The second kappa shape index (κ2) is 6.57. The van der Waals surface area contributed by atoms with E-state index in [2.05, 4.69) is 15.1 Å². The fourth-order valence-corrected chi connectivity index (χ4v) is 3.93. The van der Waals surface area contributed by atoms with E-state index in [1.807, 2.05) is 13.0 Å². The van der Waals surface area contributed by atoms with Crippen molar-refractivity contribution >= 4 is 34.3 Å². The van der Waals surface area contributed by atoms with Crippen molar-refractivity contribution in [2.24, 2.45) is 17.8 Å². The van der Waals surface area contributed by atoms with Gasteiger partial charge in [0.2, 0.25) is 0 Å². The highest BCUT2D eigenvalue weighted by atomic mass is 35.5. The molecule has 0 unspecified atom stereocenters. The van der Waals surface area contributed by atoms with Gasteiger partial charge in [-0.2, -0.15) is 5.10 Å². The number of hydrogen-bond acceptors (Lipinski definition) is 6. The Morgan fingerprint density at radius 2 is 2.25 bits per heavy atom. The Balaban J connectivity index is 1.85. The number of nitrogens with two attached hydrogens (primary N) is 1. The van der Waals surface area contributed by atoms with Gasteiger partial charge in [0.25, 0.3) is 0 Å². The summed E-state index contributed by atoms with van der Waals surface area (Å²) in [6, 6.07) is 3.56. The first-order chi connectivity index (χ1) is 11.4. The molecule has 0 radical (unpaired) electrons. The molecule has 2 aromatic rings. The monoisotopic (exact) mass is 363 g/mol. The zero-order chi connectivity index (χ0) is 17.3. The minimum Gasteiger partial charge on any atom is -0.379 e. The first kappa shape index (κ1) is 17.0. The van der Waals surface area contributed by atoms with E-state index in [1.54, 1.807) is 37.3 Å². The molecule has 0 saturated carbocycles. The zero-order valence-electron chi connectivity index (χ0n) is 13.5. The molecule has 2 aromatic heterocycles. The van der Waals surface area contributed by atoms with Crippen LogP contribution < -0.4 is 5.73 Å². The SMILES string of the molecule is Cn1nc(Cl)cc1C(=O)Cc1cncc([C@]2(C)CCSC(N)=N2)c1. The van der Waals surface area contributed by atoms with Crippen molar-refractivity contribution in [3.05, 3.63) is 46.5 Å². The van der Waals surface area contributed by atoms with Crippen molar-refractivity contribution in [1.29, 1.82) is 0 Å². The molecule has 8 heteroatoms. The highest BCUT2D eigenvalue weighted by Gasteiger charge is 2.30. The minimum atomic E-state index is -0.392. The Bertz CT molecular complexity index is 819. The molecule has 6 nitrogen and oxygen atoms in total. The van der Waals surface area contributed by atoms with Crippen LogP contribution in [0.1, 0.15) is 35.0 Å². The third-order valence-electron chi connectivity index (χ3n) is 4.11. The molecule has 0 saturated heterocycles. The third-order valence-corrected chi connectivity index (χ3v) is 5.09. The number of aryl methyl sites for hydroxylation is 1. The first-order valence-electron chi connectivity index (χ1n) is 7.53. The Hall–Kier alpha value is -1.86. The molecule has 0 fully saturated rings. The predicted molar refractivity (Wildman–Crippen MR) is 96.5 cm³/mol. The van der Waals surface area contributed by atoms with Crippen LogP contribution in [0.5, 0.6) is 0 Å². The smallest absolute Gasteiger partial charge is 0.185 e. The standard InChI is InChI=1S/C16H18ClN5OS/c1-16(3-4-24-15(18)20-16)11-5-10(8-19-9-11)6-13(23)12-7-14(17)21-22(12)2/h5,7-9H,3-4,6H2,1-2H3,(H2,18,20)/t16-/m0/s1.